The van der Waals surface area contributed by atoms with Crippen LogP contribution in [0.1, 0.15) is 17.9 Å². The van der Waals surface area contributed by atoms with Gasteiger partial charge in [0.2, 0.25) is 0 Å². The van der Waals surface area contributed by atoms with Crippen molar-refractivity contribution in [1.29, 1.82) is 0 Å². The van der Waals surface area contributed by atoms with Gasteiger partial charge in [-0.15, -0.1) is 0 Å². The van der Waals surface area contributed by atoms with E-state index in [4.69, 9.17) is 0 Å². The average Bonchev–Trinajstić information content (AvgIpc) is 3.00. The average molecular weight is 259 g/mol. The molecular weight excluding hydrogens is 241 g/mol. The fourth-order valence-corrected chi connectivity index (χ4v) is 2.76. The topological polar surface area (TPSA) is 29.9 Å². The molecule has 0 saturated heterocycles. The van der Waals surface area contributed by atoms with E-state index in [2.05, 4.69) is 14.9 Å². The number of imidazole rings is 1. The molecule has 0 saturated carbocycles. The van der Waals surface area contributed by atoms with Crippen LogP contribution < -0.4 is 5.32 Å². The first-order chi connectivity index (χ1) is 9.31. The van der Waals surface area contributed by atoms with Crippen molar-refractivity contribution in [2.75, 3.05) is 13.6 Å². The number of aromatic nitrogens is 2. The molecule has 2 heterocycles. The Morgan fingerprint density at radius 1 is 1.37 bits per heavy atom. The third-order valence-electron chi connectivity index (χ3n) is 3.67. The lowest BCUT2D eigenvalue weighted by atomic mass is 10.1. The van der Waals surface area contributed by atoms with Crippen LogP contribution >= 0.6 is 0 Å². The molecule has 0 bridgehead atoms. The summed E-state index contributed by atoms with van der Waals surface area (Å²) >= 11 is 0. The highest BCUT2D eigenvalue weighted by molar-refractivity contribution is 5.63. The number of nitrogens with one attached hydrogen (secondary N) is 1. The van der Waals surface area contributed by atoms with Gasteiger partial charge in [0.15, 0.2) is 0 Å². The van der Waals surface area contributed by atoms with Crippen LogP contribution in [0.15, 0.2) is 24.3 Å². The highest BCUT2D eigenvalue weighted by atomic mass is 19.1. The minimum atomic E-state index is -0.185. The number of halogens is 1. The largest absolute Gasteiger partial charge is 0.331 e. The Hall–Kier alpha value is -1.68. The summed E-state index contributed by atoms with van der Waals surface area (Å²) in [6.07, 6.45) is 3.01. The Balaban J connectivity index is 2.05. The van der Waals surface area contributed by atoms with Crippen LogP contribution in [-0.4, -0.2) is 23.1 Å². The predicted molar refractivity (Wildman–Crippen MR) is 73.6 cm³/mol. The normalized spacial score (nSPS) is 13.8. The molecule has 0 unspecified atom stereocenters. The molecule has 100 valence electrons. The predicted octanol–water partition coefficient (Wildman–Crippen LogP) is 2.40. The van der Waals surface area contributed by atoms with Gasteiger partial charge < -0.3 is 9.88 Å². The summed E-state index contributed by atoms with van der Waals surface area (Å²) in [6, 6.07) is 6.91. The first-order valence-electron chi connectivity index (χ1n) is 6.79. The summed E-state index contributed by atoms with van der Waals surface area (Å²) in [5.74, 6) is 0.885. The Morgan fingerprint density at radius 2 is 2.21 bits per heavy atom. The van der Waals surface area contributed by atoms with Crippen LogP contribution in [0, 0.1) is 5.82 Å². The number of rotatable bonds is 4. The monoisotopic (exact) mass is 259 g/mol. The van der Waals surface area contributed by atoms with Gasteiger partial charge in [-0.2, -0.15) is 0 Å². The molecule has 0 atom stereocenters. The maximum Gasteiger partial charge on any atom is 0.132 e. The van der Waals surface area contributed by atoms with E-state index in [1.54, 1.807) is 6.07 Å². The fraction of sp³-hybridized carbons (Fsp3) is 0.400. The number of fused-ring (bicyclic) bond motifs is 1. The SMILES string of the molecule is CNCCc1nc(-c2ccccc2F)c2n1CCC2. The van der Waals surface area contributed by atoms with Crippen molar-refractivity contribution in [3.05, 3.63) is 41.6 Å². The highest BCUT2D eigenvalue weighted by Crippen LogP contribution is 2.31. The second-order valence-electron chi connectivity index (χ2n) is 4.91. The first-order valence-corrected chi connectivity index (χ1v) is 6.79. The molecule has 3 rings (SSSR count). The van der Waals surface area contributed by atoms with Crippen molar-refractivity contribution in [2.45, 2.75) is 25.8 Å². The molecule has 1 aliphatic rings. The van der Waals surface area contributed by atoms with Crippen molar-refractivity contribution in [1.82, 2.24) is 14.9 Å². The number of hydrogen-bond donors (Lipinski definition) is 1. The molecule has 0 fully saturated rings. The molecule has 1 aromatic carbocycles. The molecule has 2 aromatic rings. The molecule has 4 heteroatoms. The van der Waals surface area contributed by atoms with Gasteiger partial charge in [-0.25, -0.2) is 9.37 Å². The lowest BCUT2D eigenvalue weighted by molar-refractivity contribution is 0.630. The van der Waals surface area contributed by atoms with Gasteiger partial charge in [0, 0.05) is 30.8 Å². The Bertz CT molecular complexity index is 589. The Labute approximate surface area is 112 Å². The van der Waals surface area contributed by atoms with Crippen LogP contribution in [0.3, 0.4) is 0 Å². The maximum absolute atomic E-state index is 13.9. The van der Waals surface area contributed by atoms with Crippen molar-refractivity contribution in [3.63, 3.8) is 0 Å². The van der Waals surface area contributed by atoms with Crippen LogP contribution in [0.5, 0.6) is 0 Å². The zero-order valence-electron chi connectivity index (χ0n) is 11.1. The summed E-state index contributed by atoms with van der Waals surface area (Å²) in [5, 5.41) is 3.14. The van der Waals surface area contributed by atoms with Gasteiger partial charge in [-0.1, -0.05) is 12.1 Å². The number of benzene rings is 1. The summed E-state index contributed by atoms with van der Waals surface area (Å²) in [4.78, 5) is 4.68. The van der Waals surface area contributed by atoms with Crippen molar-refractivity contribution in [3.8, 4) is 11.3 Å². The summed E-state index contributed by atoms with van der Waals surface area (Å²) < 4.78 is 16.2. The van der Waals surface area contributed by atoms with Gasteiger partial charge >= 0.3 is 0 Å². The molecule has 1 N–H and O–H groups in total. The van der Waals surface area contributed by atoms with Crippen molar-refractivity contribution in [2.24, 2.45) is 0 Å². The van der Waals surface area contributed by atoms with E-state index in [1.165, 1.54) is 11.8 Å². The quantitative estimate of drug-likeness (QED) is 0.913. The number of likely N-dealkylation sites (N-methyl/N-ethyl adjacent to an activating group) is 1. The standard InChI is InChI=1S/C15H18FN3/c1-17-9-8-14-18-15(13-7-4-10-19(13)14)11-5-2-3-6-12(11)16/h2-3,5-6,17H,4,7-10H2,1H3. The number of hydrogen-bond acceptors (Lipinski definition) is 2. The molecule has 1 aliphatic heterocycles. The van der Waals surface area contributed by atoms with Crippen LogP contribution in [-0.2, 0) is 19.4 Å². The zero-order valence-corrected chi connectivity index (χ0v) is 11.1. The van der Waals surface area contributed by atoms with Crippen LogP contribution in [0.2, 0.25) is 0 Å². The summed E-state index contributed by atoms with van der Waals surface area (Å²) in [6.45, 7) is 1.91. The lowest BCUT2D eigenvalue weighted by Crippen LogP contribution is -2.13. The second-order valence-corrected chi connectivity index (χ2v) is 4.91. The van der Waals surface area contributed by atoms with Gasteiger partial charge in [0.1, 0.15) is 11.6 Å². The third-order valence-corrected chi connectivity index (χ3v) is 3.67. The van der Waals surface area contributed by atoms with Crippen LogP contribution in [0.25, 0.3) is 11.3 Å². The highest BCUT2D eigenvalue weighted by Gasteiger charge is 2.23. The molecule has 3 nitrogen and oxygen atoms in total. The van der Waals surface area contributed by atoms with E-state index in [9.17, 15) is 4.39 Å². The molecule has 0 amide bonds. The van der Waals surface area contributed by atoms with E-state index >= 15 is 0 Å². The Morgan fingerprint density at radius 3 is 3.00 bits per heavy atom. The summed E-state index contributed by atoms with van der Waals surface area (Å²) in [7, 11) is 1.94. The van der Waals surface area contributed by atoms with E-state index in [0.29, 0.717) is 5.56 Å². The molecule has 0 aliphatic carbocycles. The molecule has 0 radical (unpaired) electrons. The number of nitrogens with zero attached hydrogens (tertiary/aromatic N) is 2. The van der Waals surface area contributed by atoms with E-state index in [1.807, 2.05) is 19.2 Å². The van der Waals surface area contributed by atoms with E-state index in [0.717, 1.165) is 43.9 Å². The van der Waals surface area contributed by atoms with E-state index < -0.39 is 0 Å². The fourth-order valence-electron chi connectivity index (χ4n) is 2.76. The van der Waals surface area contributed by atoms with Crippen molar-refractivity contribution >= 4 is 0 Å². The smallest absolute Gasteiger partial charge is 0.132 e. The zero-order chi connectivity index (χ0) is 13.2. The maximum atomic E-state index is 13.9. The Kier molecular flexibility index (Phi) is 3.34. The second kappa shape index (κ2) is 5.13. The summed E-state index contributed by atoms with van der Waals surface area (Å²) in [5.41, 5.74) is 2.65. The first kappa shape index (κ1) is 12.4. The molecule has 1 aromatic heterocycles. The molecular formula is C15H18FN3. The molecule has 19 heavy (non-hydrogen) atoms. The van der Waals surface area contributed by atoms with Gasteiger partial charge in [-0.3, -0.25) is 0 Å². The van der Waals surface area contributed by atoms with Gasteiger partial charge in [0.05, 0.1) is 5.69 Å². The lowest BCUT2D eigenvalue weighted by Gasteiger charge is -2.02. The molecule has 0 spiro atoms. The van der Waals surface area contributed by atoms with E-state index in [-0.39, 0.29) is 5.82 Å². The van der Waals surface area contributed by atoms with Crippen LogP contribution in [0.4, 0.5) is 4.39 Å². The third kappa shape index (κ3) is 2.16. The van der Waals surface area contributed by atoms with Gasteiger partial charge in [-0.05, 0) is 32.0 Å². The van der Waals surface area contributed by atoms with Crippen molar-refractivity contribution < 1.29 is 4.39 Å². The van der Waals surface area contributed by atoms with Gasteiger partial charge in [0.25, 0.3) is 0 Å². The minimum Gasteiger partial charge on any atom is -0.331 e. The minimum absolute atomic E-state index is 0.185.